The Labute approximate surface area is 163 Å². The quantitative estimate of drug-likeness (QED) is 0.652. The number of hydrogen-bond acceptors (Lipinski definition) is 5. The van der Waals surface area contributed by atoms with Crippen LogP contribution in [0, 0.1) is 0 Å². The first-order valence-electron chi connectivity index (χ1n) is 10.7. The second-order valence-electron chi connectivity index (χ2n) is 8.00. The van der Waals surface area contributed by atoms with Gasteiger partial charge in [-0.15, -0.1) is 0 Å². The summed E-state index contributed by atoms with van der Waals surface area (Å²) in [6, 6.07) is 8.80. The van der Waals surface area contributed by atoms with Crippen molar-refractivity contribution in [2.45, 2.75) is 89.6 Å². The minimum atomic E-state index is -0.352. The molecule has 0 radical (unpaired) electrons. The van der Waals surface area contributed by atoms with Crippen molar-refractivity contribution >= 4 is 17.6 Å². The van der Waals surface area contributed by atoms with Crippen LogP contribution in [0.2, 0.25) is 0 Å². The number of aliphatic imine (C=N–C) groups is 2. The van der Waals surface area contributed by atoms with Gasteiger partial charge in [-0.25, -0.2) is 4.99 Å². The Morgan fingerprint density at radius 2 is 1.59 bits per heavy atom. The van der Waals surface area contributed by atoms with Gasteiger partial charge in [-0.2, -0.15) is 4.99 Å². The fraction of sp³-hybridized carbons (Fsp3) is 0.636. The molecular formula is C22H35N5. The van der Waals surface area contributed by atoms with E-state index in [4.69, 9.17) is 16.5 Å². The van der Waals surface area contributed by atoms with E-state index >= 15 is 0 Å². The van der Waals surface area contributed by atoms with E-state index in [-0.39, 0.29) is 5.66 Å². The Balaban J connectivity index is 1.65. The van der Waals surface area contributed by atoms with Gasteiger partial charge in [0.05, 0.1) is 0 Å². The zero-order chi connectivity index (χ0) is 19.1. The van der Waals surface area contributed by atoms with E-state index in [9.17, 15) is 0 Å². The van der Waals surface area contributed by atoms with Gasteiger partial charge in [-0.05, 0) is 56.2 Å². The number of nitrogens with two attached hydrogens (primary N) is 2. The molecule has 5 heteroatoms. The highest BCUT2D eigenvalue weighted by molar-refractivity contribution is 6.05. The summed E-state index contributed by atoms with van der Waals surface area (Å²) >= 11 is 0. The second kappa shape index (κ2) is 9.25. The molecule has 27 heavy (non-hydrogen) atoms. The van der Waals surface area contributed by atoms with Gasteiger partial charge in [0.2, 0.25) is 11.9 Å². The van der Waals surface area contributed by atoms with Gasteiger partial charge >= 0.3 is 0 Å². The standard InChI is InChI=1S/C22H35N5/c1-2-3-4-5-6-8-11-18-12-14-19(15-13-18)27-21(24)25-20(23)26-22(27)16-9-7-10-17-22/h12-15H,2-11,16-17H2,1H3,(H4,23,24,25,26). The lowest BCUT2D eigenvalue weighted by Crippen LogP contribution is -2.58. The first-order chi connectivity index (χ1) is 13.1. The minimum Gasteiger partial charge on any atom is -0.369 e. The predicted octanol–water partition coefficient (Wildman–Crippen LogP) is 4.70. The van der Waals surface area contributed by atoms with Gasteiger partial charge < -0.3 is 11.5 Å². The average molecular weight is 370 g/mol. The van der Waals surface area contributed by atoms with Crippen molar-refractivity contribution in [3.63, 3.8) is 0 Å². The molecule has 0 bridgehead atoms. The van der Waals surface area contributed by atoms with Crippen LogP contribution in [0.1, 0.15) is 83.1 Å². The van der Waals surface area contributed by atoms with Crippen LogP contribution in [0.25, 0.3) is 0 Å². The summed E-state index contributed by atoms with van der Waals surface area (Å²) in [5.41, 5.74) is 14.4. The van der Waals surface area contributed by atoms with Crippen molar-refractivity contribution < 1.29 is 0 Å². The van der Waals surface area contributed by atoms with Crippen LogP contribution in [0.3, 0.4) is 0 Å². The van der Waals surface area contributed by atoms with Gasteiger partial charge in [0.1, 0.15) is 5.66 Å². The Morgan fingerprint density at radius 1 is 0.926 bits per heavy atom. The number of benzene rings is 1. The number of hydrogen-bond donors (Lipinski definition) is 2. The molecule has 1 saturated carbocycles. The second-order valence-corrected chi connectivity index (χ2v) is 8.00. The van der Waals surface area contributed by atoms with Crippen LogP contribution < -0.4 is 16.4 Å². The molecule has 1 aromatic rings. The highest BCUT2D eigenvalue weighted by Gasteiger charge is 2.42. The molecule has 0 unspecified atom stereocenters. The third-order valence-electron chi connectivity index (χ3n) is 5.86. The van der Waals surface area contributed by atoms with Gasteiger partial charge in [0.25, 0.3) is 0 Å². The largest absolute Gasteiger partial charge is 0.369 e. The Hall–Kier alpha value is -2.04. The van der Waals surface area contributed by atoms with Crippen molar-refractivity contribution in [1.29, 1.82) is 0 Å². The summed E-state index contributed by atoms with van der Waals surface area (Å²) in [6.07, 6.45) is 14.6. The topological polar surface area (TPSA) is 80.0 Å². The van der Waals surface area contributed by atoms with E-state index in [1.807, 2.05) is 0 Å². The molecule has 0 aromatic heterocycles. The number of aryl methyl sites for hydroxylation is 1. The van der Waals surface area contributed by atoms with Crippen LogP contribution in [0.4, 0.5) is 5.69 Å². The molecular weight excluding hydrogens is 334 g/mol. The predicted molar refractivity (Wildman–Crippen MR) is 115 cm³/mol. The normalized spacial score (nSPS) is 19.1. The highest BCUT2D eigenvalue weighted by Crippen LogP contribution is 2.39. The third-order valence-corrected chi connectivity index (χ3v) is 5.86. The lowest BCUT2D eigenvalue weighted by atomic mass is 9.87. The minimum absolute atomic E-state index is 0.311. The third kappa shape index (κ3) is 4.82. The lowest BCUT2D eigenvalue weighted by Gasteiger charge is -2.45. The number of rotatable bonds is 8. The molecule has 1 fully saturated rings. The number of anilines is 1. The van der Waals surface area contributed by atoms with Gasteiger partial charge in [0, 0.05) is 5.69 Å². The number of nitrogens with zero attached hydrogens (tertiary/aromatic N) is 3. The van der Waals surface area contributed by atoms with Gasteiger partial charge in [-0.1, -0.05) is 57.6 Å². The van der Waals surface area contributed by atoms with Crippen LogP contribution in [0.5, 0.6) is 0 Å². The molecule has 1 heterocycles. The molecule has 1 aromatic carbocycles. The van der Waals surface area contributed by atoms with E-state index in [2.05, 4.69) is 41.1 Å². The number of guanidine groups is 2. The molecule has 1 spiro atoms. The van der Waals surface area contributed by atoms with Crippen molar-refractivity contribution in [3.8, 4) is 0 Å². The van der Waals surface area contributed by atoms with Crippen molar-refractivity contribution in [3.05, 3.63) is 29.8 Å². The smallest absolute Gasteiger partial charge is 0.220 e. The van der Waals surface area contributed by atoms with E-state index in [1.54, 1.807) is 0 Å². The van der Waals surface area contributed by atoms with E-state index in [0.29, 0.717) is 11.9 Å². The summed E-state index contributed by atoms with van der Waals surface area (Å²) in [5.74, 6) is 0.776. The zero-order valence-electron chi connectivity index (χ0n) is 16.8. The van der Waals surface area contributed by atoms with Crippen LogP contribution in [0.15, 0.2) is 34.3 Å². The Morgan fingerprint density at radius 3 is 2.30 bits per heavy atom. The van der Waals surface area contributed by atoms with Crippen molar-refractivity contribution in [1.82, 2.24) is 0 Å². The van der Waals surface area contributed by atoms with Crippen LogP contribution >= 0.6 is 0 Å². The van der Waals surface area contributed by atoms with E-state index < -0.39 is 0 Å². The molecule has 3 rings (SSSR count). The Bertz CT molecular complexity index is 656. The van der Waals surface area contributed by atoms with Crippen LogP contribution in [-0.2, 0) is 6.42 Å². The molecule has 1 aliphatic heterocycles. The van der Waals surface area contributed by atoms with Crippen molar-refractivity contribution in [2.75, 3.05) is 4.90 Å². The van der Waals surface area contributed by atoms with E-state index in [0.717, 1.165) is 37.8 Å². The Kier molecular flexibility index (Phi) is 6.75. The van der Waals surface area contributed by atoms with Gasteiger partial charge in [-0.3, -0.25) is 4.90 Å². The fourth-order valence-corrected chi connectivity index (χ4v) is 4.42. The number of unbranched alkanes of at least 4 members (excludes halogenated alkanes) is 5. The maximum Gasteiger partial charge on any atom is 0.220 e. The molecule has 148 valence electrons. The zero-order valence-corrected chi connectivity index (χ0v) is 16.8. The lowest BCUT2D eigenvalue weighted by molar-refractivity contribution is 0.305. The monoisotopic (exact) mass is 369 g/mol. The molecule has 2 aliphatic rings. The summed E-state index contributed by atoms with van der Waals surface area (Å²) in [6.45, 7) is 2.26. The van der Waals surface area contributed by atoms with E-state index in [1.165, 1.54) is 50.5 Å². The molecule has 1 aliphatic carbocycles. The average Bonchev–Trinajstić information content (AvgIpc) is 2.65. The maximum absolute atomic E-state index is 6.30. The highest BCUT2D eigenvalue weighted by atomic mass is 15.4. The first kappa shape index (κ1) is 19.7. The van der Waals surface area contributed by atoms with Crippen LogP contribution in [-0.4, -0.2) is 17.6 Å². The van der Waals surface area contributed by atoms with Gasteiger partial charge in [0.15, 0.2) is 0 Å². The summed E-state index contributed by atoms with van der Waals surface area (Å²) in [5, 5.41) is 0. The molecule has 0 saturated heterocycles. The summed E-state index contributed by atoms with van der Waals surface area (Å²) in [7, 11) is 0. The fourth-order valence-electron chi connectivity index (χ4n) is 4.42. The molecule has 0 atom stereocenters. The summed E-state index contributed by atoms with van der Waals surface area (Å²) < 4.78 is 0. The molecule has 5 nitrogen and oxygen atoms in total. The molecule has 0 amide bonds. The molecule has 4 N–H and O–H groups in total. The SMILES string of the molecule is CCCCCCCCc1ccc(N2C(N)=NC(N)=NC23CCCCC3)cc1. The van der Waals surface area contributed by atoms with Crippen molar-refractivity contribution in [2.24, 2.45) is 21.5 Å². The first-order valence-corrected chi connectivity index (χ1v) is 10.7. The summed E-state index contributed by atoms with van der Waals surface area (Å²) in [4.78, 5) is 11.1. The maximum atomic E-state index is 6.30.